The molecule has 28 heavy (non-hydrogen) atoms. The summed E-state index contributed by atoms with van der Waals surface area (Å²) < 4.78 is 0. The van der Waals surface area contributed by atoms with Crippen molar-refractivity contribution in [3.8, 4) is 0 Å². The van der Waals surface area contributed by atoms with Crippen molar-refractivity contribution in [3.05, 3.63) is 6.92 Å². The van der Waals surface area contributed by atoms with Gasteiger partial charge >= 0.3 is 0 Å². The molecule has 0 amide bonds. The molecule has 0 aromatic rings. The molecule has 0 saturated heterocycles. The van der Waals surface area contributed by atoms with Crippen molar-refractivity contribution < 1.29 is 0 Å². The third-order valence-corrected chi connectivity index (χ3v) is 6.59. The van der Waals surface area contributed by atoms with E-state index in [1.165, 1.54) is 148 Å². The summed E-state index contributed by atoms with van der Waals surface area (Å²) in [7, 11) is 0. The number of hydrogen-bond acceptors (Lipinski definition) is 0. The van der Waals surface area contributed by atoms with Crippen LogP contribution in [0, 0.1) is 12.8 Å². The highest BCUT2D eigenvalue weighted by atomic mass is 14.1. The average molecular weight is 394 g/mol. The highest BCUT2D eigenvalue weighted by Gasteiger charge is 2.06. The lowest BCUT2D eigenvalue weighted by Gasteiger charge is -2.14. The van der Waals surface area contributed by atoms with Crippen molar-refractivity contribution >= 4 is 0 Å². The quantitative estimate of drug-likeness (QED) is 0.143. The van der Waals surface area contributed by atoms with Crippen LogP contribution in [0.5, 0.6) is 0 Å². The molecule has 0 fully saturated rings. The van der Waals surface area contributed by atoms with E-state index >= 15 is 0 Å². The summed E-state index contributed by atoms with van der Waals surface area (Å²) in [4.78, 5) is 0. The van der Waals surface area contributed by atoms with Crippen molar-refractivity contribution in [3.63, 3.8) is 0 Å². The molecule has 169 valence electrons. The Kier molecular flexibility index (Phi) is 25.0. The zero-order valence-electron chi connectivity index (χ0n) is 20.3. The van der Waals surface area contributed by atoms with Crippen molar-refractivity contribution in [2.75, 3.05) is 0 Å². The van der Waals surface area contributed by atoms with Gasteiger partial charge in [0.05, 0.1) is 0 Å². The molecule has 0 spiro atoms. The SMILES string of the molecule is [CH2]CC(CCCCCCCC)CCCCCCCCCCCCCCCCC. The highest BCUT2D eigenvalue weighted by molar-refractivity contribution is 4.62. The van der Waals surface area contributed by atoms with Gasteiger partial charge in [0.25, 0.3) is 0 Å². The van der Waals surface area contributed by atoms with Gasteiger partial charge in [-0.15, -0.1) is 0 Å². The molecule has 0 aromatic carbocycles. The Bertz CT molecular complexity index is 257. The van der Waals surface area contributed by atoms with Crippen LogP contribution < -0.4 is 0 Å². The predicted octanol–water partition coefficient (Wildman–Crippen LogP) is 10.8. The average Bonchev–Trinajstić information content (AvgIpc) is 2.71. The Labute approximate surface area is 181 Å². The number of unbranched alkanes of at least 4 members (excludes halogenated alkanes) is 19. The maximum absolute atomic E-state index is 4.20. The molecule has 0 aliphatic carbocycles. The van der Waals surface area contributed by atoms with Crippen LogP contribution in [0.15, 0.2) is 0 Å². The second kappa shape index (κ2) is 25.0. The topological polar surface area (TPSA) is 0 Å². The first-order valence-electron chi connectivity index (χ1n) is 13.6. The monoisotopic (exact) mass is 393 g/mol. The van der Waals surface area contributed by atoms with Gasteiger partial charge in [-0.05, 0) is 5.92 Å². The summed E-state index contributed by atoms with van der Waals surface area (Å²) in [6.45, 7) is 8.81. The van der Waals surface area contributed by atoms with Gasteiger partial charge in [0.15, 0.2) is 0 Å². The standard InChI is InChI=1S/C28H57/c1-4-7-9-11-13-14-15-16-17-18-19-20-21-23-25-27-28(6-3)26-24-22-12-10-8-5-2/h28H,3-27H2,1-2H3. The Hall–Kier alpha value is 0. The van der Waals surface area contributed by atoms with E-state index in [1.807, 2.05) is 0 Å². The van der Waals surface area contributed by atoms with E-state index < -0.39 is 0 Å². The van der Waals surface area contributed by atoms with Crippen molar-refractivity contribution in [1.82, 2.24) is 0 Å². The van der Waals surface area contributed by atoms with Crippen molar-refractivity contribution in [2.24, 2.45) is 5.92 Å². The van der Waals surface area contributed by atoms with E-state index in [0.717, 1.165) is 12.3 Å². The fourth-order valence-corrected chi connectivity index (χ4v) is 4.45. The molecule has 1 radical (unpaired) electrons. The zero-order valence-corrected chi connectivity index (χ0v) is 20.3. The Morgan fingerprint density at radius 2 is 0.643 bits per heavy atom. The second-order valence-corrected chi connectivity index (χ2v) is 9.45. The largest absolute Gasteiger partial charge is 0.0654 e. The minimum atomic E-state index is 0.910. The van der Waals surface area contributed by atoms with Crippen LogP contribution in [0.25, 0.3) is 0 Å². The number of rotatable bonds is 24. The molecule has 0 aliphatic rings. The van der Waals surface area contributed by atoms with Gasteiger partial charge < -0.3 is 0 Å². The predicted molar refractivity (Wildman–Crippen MR) is 131 cm³/mol. The minimum Gasteiger partial charge on any atom is -0.0654 e. The molecule has 1 atom stereocenters. The lowest BCUT2D eigenvalue weighted by Crippen LogP contribution is -1.99. The summed E-state index contributed by atoms with van der Waals surface area (Å²) >= 11 is 0. The Morgan fingerprint density at radius 1 is 0.393 bits per heavy atom. The van der Waals surface area contributed by atoms with E-state index in [2.05, 4.69) is 20.8 Å². The normalized spacial score (nSPS) is 12.5. The van der Waals surface area contributed by atoms with E-state index in [0.29, 0.717) is 0 Å². The van der Waals surface area contributed by atoms with Crippen LogP contribution in [0.1, 0.15) is 168 Å². The first-order valence-corrected chi connectivity index (χ1v) is 13.6. The lowest BCUT2D eigenvalue weighted by molar-refractivity contribution is 0.404. The first-order chi connectivity index (χ1) is 13.8. The van der Waals surface area contributed by atoms with Gasteiger partial charge in [0, 0.05) is 0 Å². The van der Waals surface area contributed by atoms with Crippen molar-refractivity contribution in [2.45, 2.75) is 168 Å². The lowest BCUT2D eigenvalue weighted by atomic mass is 9.92. The van der Waals surface area contributed by atoms with E-state index in [9.17, 15) is 0 Å². The van der Waals surface area contributed by atoms with Gasteiger partial charge in [-0.3, -0.25) is 0 Å². The van der Waals surface area contributed by atoms with Crippen LogP contribution in [-0.2, 0) is 0 Å². The molecule has 1 unspecified atom stereocenters. The van der Waals surface area contributed by atoms with E-state index in [4.69, 9.17) is 0 Å². The smallest absolute Gasteiger partial charge is 0.0414 e. The van der Waals surface area contributed by atoms with E-state index in [1.54, 1.807) is 0 Å². The van der Waals surface area contributed by atoms with E-state index in [-0.39, 0.29) is 0 Å². The molecule has 0 N–H and O–H groups in total. The van der Waals surface area contributed by atoms with Crippen LogP contribution >= 0.6 is 0 Å². The maximum atomic E-state index is 4.20. The fraction of sp³-hybridized carbons (Fsp3) is 0.964. The summed E-state index contributed by atoms with van der Waals surface area (Å²) in [5.41, 5.74) is 0. The molecule has 0 aliphatic heterocycles. The molecule has 0 nitrogen and oxygen atoms in total. The van der Waals surface area contributed by atoms with Crippen molar-refractivity contribution in [1.29, 1.82) is 0 Å². The fourth-order valence-electron chi connectivity index (χ4n) is 4.45. The molecule has 0 bridgehead atoms. The Morgan fingerprint density at radius 3 is 0.893 bits per heavy atom. The van der Waals surface area contributed by atoms with Gasteiger partial charge in [0.2, 0.25) is 0 Å². The molecule has 0 aromatic heterocycles. The van der Waals surface area contributed by atoms with Crippen LogP contribution in [-0.4, -0.2) is 0 Å². The highest BCUT2D eigenvalue weighted by Crippen LogP contribution is 2.21. The van der Waals surface area contributed by atoms with Gasteiger partial charge in [0.1, 0.15) is 0 Å². The molecule has 0 saturated carbocycles. The molecule has 0 heteroatoms. The van der Waals surface area contributed by atoms with Crippen LogP contribution in [0.4, 0.5) is 0 Å². The first kappa shape index (κ1) is 28.0. The molecular formula is C28H57. The maximum Gasteiger partial charge on any atom is -0.0414 e. The minimum absolute atomic E-state index is 0.910. The molecule has 0 heterocycles. The van der Waals surface area contributed by atoms with Gasteiger partial charge in [-0.2, -0.15) is 0 Å². The van der Waals surface area contributed by atoms with Crippen LogP contribution in [0.3, 0.4) is 0 Å². The zero-order chi connectivity index (χ0) is 20.5. The molecular weight excluding hydrogens is 336 g/mol. The Balaban J connectivity index is 3.22. The second-order valence-electron chi connectivity index (χ2n) is 9.45. The van der Waals surface area contributed by atoms with Gasteiger partial charge in [-0.25, -0.2) is 0 Å². The van der Waals surface area contributed by atoms with Crippen LogP contribution in [0.2, 0.25) is 0 Å². The third kappa shape index (κ3) is 22.3. The summed E-state index contributed by atoms with van der Waals surface area (Å²) in [6.07, 6.45) is 34.6. The number of hydrogen-bond donors (Lipinski definition) is 0. The summed E-state index contributed by atoms with van der Waals surface area (Å²) in [5.74, 6) is 0.910. The summed E-state index contributed by atoms with van der Waals surface area (Å²) in [5, 5.41) is 0. The summed E-state index contributed by atoms with van der Waals surface area (Å²) in [6, 6.07) is 0. The molecule has 0 rings (SSSR count). The van der Waals surface area contributed by atoms with Gasteiger partial charge in [-0.1, -0.05) is 175 Å². The third-order valence-electron chi connectivity index (χ3n) is 6.59.